The number of anilines is 2. The molecule has 0 saturated carbocycles. The first-order chi connectivity index (χ1) is 9.79. The summed E-state index contributed by atoms with van der Waals surface area (Å²) in [5.74, 6) is 0.254. The van der Waals surface area contributed by atoms with Crippen molar-refractivity contribution in [3.63, 3.8) is 0 Å². The molecule has 0 radical (unpaired) electrons. The third-order valence-corrected chi connectivity index (χ3v) is 2.72. The molecule has 20 heavy (non-hydrogen) atoms. The van der Waals surface area contributed by atoms with Gasteiger partial charge in [-0.3, -0.25) is 0 Å². The SMILES string of the molecule is CCCNc1ncc(F)c(NCCCn2ccnc2)n1. The van der Waals surface area contributed by atoms with Gasteiger partial charge in [0.25, 0.3) is 0 Å². The van der Waals surface area contributed by atoms with Crippen LogP contribution < -0.4 is 10.6 Å². The Labute approximate surface area is 117 Å². The molecule has 0 amide bonds. The summed E-state index contributed by atoms with van der Waals surface area (Å²) in [5.41, 5.74) is 0. The molecule has 0 spiro atoms. The Hall–Kier alpha value is -2.18. The zero-order valence-electron chi connectivity index (χ0n) is 11.5. The van der Waals surface area contributed by atoms with Crippen molar-refractivity contribution in [1.29, 1.82) is 0 Å². The fourth-order valence-corrected chi connectivity index (χ4v) is 1.70. The van der Waals surface area contributed by atoms with E-state index in [1.807, 2.05) is 17.7 Å². The maximum Gasteiger partial charge on any atom is 0.224 e. The van der Waals surface area contributed by atoms with Gasteiger partial charge in [-0.1, -0.05) is 6.92 Å². The van der Waals surface area contributed by atoms with Crippen LogP contribution in [0.4, 0.5) is 16.2 Å². The third-order valence-electron chi connectivity index (χ3n) is 2.72. The fourth-order valence-electron chi connectivity index (χ4n) is 1.70. The second-order valence-corrected chi connectivity index (χ2v) is 4.40. The minimum absolute atomic E-state index is 0.240. The molecular formula is C13H19FN6. The summed E-state index contributed by atoms with van der Waals surface area (Å²) in [6, 6.07) is 0. The van der Waals surface area contributed by atoms with Gasteiger partial charge >= 0.3 is 0 Å². The first-order valence-electron chi connectivity index (χ1n) is 6.75. The minimum atomic E-state index is -0.435. The topological polar surface area (TPSA) is 67.7 Å². The Morgan fingerprint density at radius 3 is 2.95 bits per heavy atom. The van der Waals surface area contributed by atoms with E-state index in [4.69, 9.17) is 0 Å². The number of hydrogen-bond donors (Lipinski definition) is 2. The monoisotopic (exact) mass is 278 g/mol. The van der Waals surface area contributed by atoms with E-state index >= 15 is 0 Å². The molecule has 2 rings (SSSR count). The van der Waals surface area contributed by atoms with Crippen molar-refractivity contribution >= 4 is 11.8 Å². The summed E-state index contributed by atoms with van der Waals surface area (Å²) in [4.78, 5) is 12.0. The second-order valence-electron chi connectivity index (χ2n) is 4.40. The van der Waals surface area contributed by atoms with Gasteiger partial charge in [0.2, 0.25) is 5.95 Å². The van der Waals surface area contributed by atoms with Crippen LogP contribution in [-0.2, 0) is 6.54 Å². The van der Waals surface area contributed by atoms with Crippen molar-refractivity contribution in [2.24, 2.45) is 0 Å². The third kappa shape index (κ3) is 4.18. The van der Waals surface area contributed by atoms with Crippen LogP contribution in [0.3, 0.4) is 0 Å². The smallest absolute Gasteiger partial charge is 0.224 e. The average Bonchev–Trinajstić information content (AvgIpc) is 2.97. The van der Waals surface area contributed by atoms with Crippen LogP contribution in [0.15, 0.2) is 24.9 Å². The molecule has 7 heteroatoms. The maximum absolute atomic E-state index is 13.6. The van der Waals surface area contributed by atoms with Gasteiger partial charge < -0.3 is 15.2 Å². The van der Waals surface area contributed by atoms with Gasteiger partial charge in [-0.15, -0.1) is 0 Å². The van der Waals surface area contributed by atoms with Crippen molar-refractivity contribution in [2.45, 2.75) is 26.3 Å². The van der Waals surface area contributed by atoms with Crippen LogP contribution >= 0.6 is 0 Å². The number of aryl methyl sites for hydroxylation is 1. The standard InChI is InChI=1S/C13H19FN6/c1-2-4-17-13-18-9-11(14)12(19-13)16-5-3-7-20-8-6-15-10-20/h6,8-10H,2-5,7H2,1H3,(H2,16,17,18,19). The van der Waals surface area contributed by atoms with Crippen LogP contribution in [-0.4, -0.2) is 32.6 Å². The van der Waals surface area contributed by atoms with Crippen molar-refractivity contribution in [3.8, 4) is 0 Å². The highest BCUT2D eigenvalue weighted by atomic mass is 19.1. The molecule has 0 fully saturated rings. The van der Waals surface area contributed by atoms with Crippen LogP contribution in [0.1, 0.15) is 19.8 Å². The Kier molecular flexibility index (Phi) is 5.28. The van der Waals surface area contributed by atoms with Crippen LogP contribution in [0, 0.1) is 5.82 Å². The van der Waals surface area contributed by atoms with Crippen LogP contribution in [0.25, 0.3) is 0 Å². The first-order valence-corrected chi connectivity index (χ1v) is 6.75. The molecule has 2 N–H and O–H groups in total. The molecule has 0 atom stereocenters. The normalized spacial score (nSPS) is 10.5. The van der Waals surface area contributed by atoms with E-state index in [2.05, 4.69) is 25.6 Å². The molecule has 0 unspecified atom stereocenters. The zero-order valence-corrected chi connectivity index (χ0v) is 11.5. The van der Waals surface area contributed by atoms with Gasteiger partial charge in [-0.05, 0) is 12.8 Å². The summed E-state index contributed by atoms with van der Waals surface area (Å²) in [7, 11) is 0. The highest BCUT2D eigenvalue weighted by Crippen LogP contribution is 2.11. The molecule has 0 aliphatic rings. The van der Waals surface area contributed by atoms with Gasteiger partial charge in [-0.2, -0.15) is 4.98 Å². The molecule has 2 aromatic rings. The highest BCUT2D eigenvalue weighted by molar-refractivity contribution is 5.40. The predicted molar refractivity (Wildman–Crippen MR) is 76.1 cm³/mol. The van der Waals surface area contributed by atoms with E-state index in [1.54, 1.807) is 12.5 Å². The van der Waals surface area contributed by atoms with Crippen molar-refractivity contribution in [3.05, 3.63) is 30.7 Å². The predicted octanol–water partition coefficient (Wildman–Crippen LogP) is 2.14. The molecule has 108 valence electrons. The number of nitrogens with one attached hydrogen (secondary N) is 2. The van der Waals surface area contributed by atoms with Gasteiger partial charge in [0, 0.05) is 32.0 Å². The number of aromatic nitrogens is 4. The summed E-state index contributed by atoms with van der Waals surface area (Å²) in [6.45, 7) is 4.29. The molecule has 2 heterocycles. The van der Waals surface area contributed by atoms with Crippen molar-refractivity contribution in [1.82, 2.24) is 19.5 Å². The molecule has 0 aromatic carbocycles. The lowest BCUT2D eigenvalue weighted by atomic mass is 10.4. The van der Waals surface area contributed by atoms with Crippen LogP contribution in [0.2, 0.25) is 0 Å². The summed E-state index contributed by atoms with van der Waals surface area (Å²) >= 11 is 0. The molecule has 0 aliphatic carbocycles. The number of nitrogens with zero attached hydrogens (tertiary/aromatic N) is 4. The van der Waals surface area contributed by atoms with E-state index in [1.165, 1.54) is 6.20 Å². The Bertz CT molecular complexity index is 514. The molecular weight excluding hydrogens is 259 g/mol. The average molecular weight is 278 g/mol. The number of imidazole rings is 1. The number of rotatable bonds is 8. The van der Waals surface area contributed by atoms with Crippen molar-refractivity contribution in [2.75, 3.05) is 23.7 Å². The Morgan fingerprint density at radius 1 is 1.30 bits per heavy atom. The van der Waals surface area contributed by atoms with E-state index in [-0.39, 0.29) is 5.82 Å². The maximum atomic E-state index is 13.6. The molecule has 0 bridgehead atoms. The van der Waals surface area contributed by atoms with E-state index in [0.717, 1.165) is 25.9 Å². The Morgan fingerprint density at radius 2 is 2.20 bits per heavy atom. The summed E-state index contributed by atoms with van der Waals surface area (Å²) in [5, 5.41) is 6.03. The van der Waals surface area contributed by atoms with Gasteiger partial charge in [-0.25, -0.2) is 14.4 Å². The zero-order chi connectivity index (χ0) is 14.2. The first kappa shape index (κ1) is 14.2. The molecule has 6 nitrogen and oxygen atoms in total. The molecule has 2 aromatic heterocycles. The van der Waals surface area contributed by atoms with E-state index < -0.39 is 5.82 Å². The highest BCUT2D eigenvalue weighted by Gasteiger charge is 2.05. The number of halogens is 1. The molecule has 0 saturated heterocycles. The van der Waals surface area contributed by atoms with Gasteiger partial charge in [0.05, 0.1) is 12.5 Å². The Balaban J connectivity index is 1.81. The van der Waals surface area contributed by atoms with Crippen molar-refractivity contribution < 1.29 is 4.39 Å². The lowest BCUT2D eigenvalue weighted by Gasteiger charge is -2.09. The lowest BCUT2D eigenvalue weighted by Crippen LogP contribution is -2.11. The van der Waals surface area contributed by atoms with E-state index in [0.29, 0.717) is 12.5 Å². The fraction of sp³-hybridized carbons (Fsp3) is 0.462. The number of hydrogen-bond acceptors (Lipinski definition) is 5. The minimum Gasteiger partial charge on any atom is -0.367 e. The second kappa shape index (κ2) is 7.42. The summed E-state index contributed by atoms with van der Waals surface area (Å²) < 4.78 is 15.5. The van der Waals surface area contributed by atoms with Crippen LogP contribution in [0.5, 0.6) is 0 Å². The largest absolute Gasteiger partial charge is 0.367 e. The molecule has 0 aliphatic heterocycles. The van der Waals surface area contributed by atoms with E-state index in [9.17, 15) is 4.39 Å². The van der Waals surface area contributed by atoms with Gasteiger partial charge in [0.1, 0.15) is 0 Å². The quantitative estimate of drug-likeness (QED) is 0.724. The lowest BCUT2D eigenvalue weighted by molar-refractivity contribution is 0.612. The summed E-state index contributed by atoms with van der Waals surface area (Å²) in [6.07, 6.45) is 8.41. The van der Waals surface area contributed by atoms with Gasteiger partial charge in [0.15, 0.2) is 11.6 Å².